The molecule has 29 heavy (non-hydrogen) atoms. The van der Waals surface area contributed by atoms with Gasteiger partial charge >= 0.3 is 5.69 Å². The number of thiophene rings is 1. The molecule has 2 aromatic heterocycles. The Morgan fingerprint density at radius 1 is 1.07 bits per heavy atom. The summed E-state index contributed by atoms with van der Waals surface area (Å²) in [5, 5.41) is 2.08. The zero-order valence-electron chi connectivity index (χ0n) is 17.3. The molecule has 0 radical (unpaired) electrons. The van der Waals surface area contributed by atoms with E-state index >= 15 is 0 Å². The lowest BCUT2D eigenvalue weighted by Gasteiger charge is -2.30. The number of nitrogens with zero attached hydrogens (tertiary/aromatic N) is 3. The van der Waals surface area contributed by atoms with Gasteiger partial charge in [0.25, 0.3) is 5.56 Å². The van der Waals surface area contributed by atoms with Crippen LogP contribution in [0.5, 0.6) is 5.75 Å². The zero-order valence-corrected chi connectivity index (χ0v) is 18.1. The molecule has 0 aliphatic rings. The maximum Gasteiger partial charge on any atom is 0.330 e. The van der Waals surface area contributed by atoms with Gasteiger partial charge in [0, 0.05) is 49.9 Å². The molecule has 154 valence electrons. The summed E-state index contributed by atoms with van der Waals surface area (Å²) in [5.74, 6) is 0.820. The average Bonchev–Trinajstić information content (AvgIpc) is 3.23. The van der Waals surface area contributed by atoms with E-state index in [9.17, 15) is 9.59 Å². The fraction of sp³-hybridized carbons (Fsp3) is 0.364. The Balaban J connectivity index is 1.89. The second-order valence-electron chi connectivity index (χ2n) is 7.26. The second kappa shape index (κ2) is 9.24. The average molecular weight is 414 g/mol. The lowest BCUT2D eigenvalue weighted by atomic mass is 10.1. The SMILES string of the molecule is COc1ccc(CN(Cc2cc(=O)n(C)c(=O)n2C)[C@@H](C)Cc2cccs2)cc1. The number of benzene rings is 1. The van der Waals surface area contributed by atoms with Crippen LogP contribution in [0, 0.1) is 0 Å². The fourth-order valence-corrected chi connectivity index (χ4v) is 4.15. The first-order valence-electron chi connectivity index (χ1n) is 9.54. The van der Waals surface area contributed by atoms with E-state index in [1.165, 1.54) is 11.9 Å². The third-order valence-electron chi connectivity index (χ3n) is 5.24. The number of hydrogen-bond donors (Lipinski definition) is 0. The minimum Gasteiger partial charge on any atom is -0.497 e. The number of hydrogen-bond acceptors (Lipinski definition) is 5. The summed E-state index contributed by atoms with van der Waals surface area (Å²) in [5.41, 5.74) is 1.28. The van der Waals surface area contributed by atoms with E-state index in [1.807, 2.05) is 24.3 Å². The molecule has 2 heterocycles. The molecule has 0 fully saturated rings. The van der Waals surface area contributed by atoms with Crippen LogP contribution in [0.2, 0.25) is 0 Å². The molecule has 3 rings (SSSR count). The Morgan fingerprint density at radius 3 is 2.41 bits per heavy atom. The molecular weight excluding hydrogens is 386 g/mol. The van der Waals surface area contributed by atoms with Crippen LogP contribution in [0.25, 0.3) is 0 Å². The van der Waals surface area contributed by atoms with E-state index in [-0.39, 0.29) is 17.3 Å². The predicted molar refractivity (Wildman–Crippen MR) is 117 cm³/mol. The standard InChI is InChI=1S/C22H27N3O3S/c1-16(12-20-6-5-11-29-20)25(14-17-7-9-19(28-4)10-8-17)15-18-13-21(26)24(3)22(27)23(18)2/h5-11,13,16H,12,14-15H2,1-4H3/t16-/m0/s1. The van der Waals surface area contributed by atoms with Gasteiger partial charge in [0.1, 0.15) is 5.75 Å². The van der Waals surface area contributed by atoms with Gasteiger partial charge in [-0.25, -0.2) is 4.79 Å². The summed E-state index contributed by atoms with van der Waals surface area (Å²) in [4.78, 5) is 28.1. The van der Waals surface area contributed by atoms with Crippen molar-refractivity contribution in [1.29, 1.82) is 0 Å². The normalized spacial score (nSPS) is 12.3. The Morgan fingerprint density at radius 2 is 1.79 bits per heavy atom. The third-order valence-corrected chi connectivity index (χ3v) is 6.13. The summed E-state index contributed by atoms with van der Waals surface area (Å²) in [6.07, 6.45) is 0.909. The highest BCUT2D eigenvalue weighted by molar-refractivity contribution is 7.09. The number of aromatic nitrogens is 2. The fourth-order valence-electron chi connectivity index (χ4n) is 3.32. The Kier molecular flexibility index (Phi) is 6.71. The van der Waals surface area contributed by atoms with Crippen LogP contribution >= 0.6 is 11.3 Å². The predicted octanol–water partition coefficient (Wildman–Crippen LogP) is 2.79. The van der Waals surface area contributed by atoms with Crippen molar-refractivity contribution in [1.82, 2.24) is 14.0 Å². The van der Waals surface area contributed by atoms with Crippen LogP contribution in [0.15, 0.2) is 57.4 Å². The molecule has 0 spiro atoms. The highest BCUT2D eigenvalue weighted by atomic mass is 32.1. The lowest BCUT2D eigenvalue weighted by molar-refractivity contribution is 0.185. The summed E-state index contributed by atoms with van der Waals surface area (Å²) in [6.45, 7) is 3.41. The van der Waals surface area contributed by atoms with Gasteiger partial charge in [-0.05, 0) is 42.5 Å². The summed E-state index contributed by atoms with van der Waals surface area (Å²) < 4.78 is 7.94. The van der Waals surface area contributed by atoms with Gasteiger partial charge in [0.05, 0.1) is 7.11 Å². The van der Waals surface area contributed by atoms with Crippen molar-refractivity contribution in [3.05, 3.63) is 84.8 Å². The summed E-state index contributed by atoms with van der Waals surface area (Å²) >= 11 is 1.74. The van der Waals surface area contributed by atoms with Gasteiger partial charge in [-0.2, -0.15) is 0 Å². The smallest absolute Gasteiger partial charge is 0.330 e. The van der Waals surface area contributed by atoms with Gasteiger partial charge in [-0.15, -0.1) is 11.3 Å². The first kappa shape index (κ1) is 21.1. The van der Waals surface area contributed by atoms with Gasteiger partial charge in [-0.3, -0.25) is 18.8 Å². The van der Waals surface area contributed by atoms with Gasteiger partial charge in [0.15, 0.2) is 0 Å². The van der Waals surface area contributed by atoms with Crippen LogP contribution in [0.4, 0.5) is 0 Å². The van der Waals surface area contributed by atoms with E-state index in [0.29, 0.717) is 18.8 Å². The molecule has 0 aliphatic heterocycles. The molecule has 0 saturated carbocycles. The van der Waals surface area contributed by atoms with Crippen molar-refractivity contribution < 1.29 is 4.74 Å². The van der Waals surface area contributed by atoms with Crippen LogP contribution in [0.3, 0.4) is 0 Å². The Labute approximate surface area is 174 Å². The van der Waals surface area contributed by atoms with Gasteiger partial charge in [-0.1, -0.05) is 18.2 Å². The number of rotatable bonds is 8. The minimum atomic E-state index is -0.303. The second-order valence-corrected chi connectivity index (χ2v) is 8.29. The van der Waals surface area contributed by atoms with E-state index in [0.717, 1.165) is 22.3 Å². The number of methoxy groups -OCH3 is 1. The highest BCUT2D eigenvalue weighted by Gasteiger charge is 2.18. The maximum atomic E-state index is 12.3. The van der Waals surface area contributed by atoms with E-state index < -0.39 is 0 Å². The lowest BCUT2D eigenvalue weighted by Crippen LogP contribution is -2.41. The molecule has 0 bridgehead atoms. The van der Waals surface area contributed by atoms with Crippen LogP contribution in [-0.2, 0) is 33.6 Å². The van der Waals surface area contributed by atoms with Crippen molar-refractivity contribution in [2.75, 3.05) is 7.11 Å². The van der Waals surface area contributed by atoms with Crippen molar-refractivity contribution in [2.24, 2.45) is 14.1 Å². The summed E-state index contributed by atoms with van der Waals surface area (Å²) in [6, 6.07) is 14.0. The zero-order chi connectivity index (χ0) is 21.0. The monoisotopic (exact) mass is 413 g/mol. The van der Waals surface area contributed by atoms with Crippen LogP contribution in [0.1, 0.15) is 23.1 Å². The number of ether oxygens (including phenoxy) is 1. The molecular formula is C22H27N3O3S. The van der Waals surface area contributed by atoms with Crippen molar-refractivity contribution in [3.8, 4) is 5.75 Å². The van der Waals surface area contributed by atoms with Crippen molar-refractivity contribution in [3.63, 3.8) is 0 Å². The summed E-state index contributed by atoms with van der Waals surface area (Å²) in [7, 11) is 4.87. The minimum absolute atomic E-state index is 0.231. The van der Waals surface area contributed by atoms with Crippen LogP contribution in [-0.4, -0.2) is 27.2 Å². The molecule has 1 atom stereocenters. The Bertz CT molecular complexity index is 1050. The quantitative estimate of drug-likeness (QED) is 0.570. The molecule has 0 amide bonds. The van der Waals surface area contributed by atoms with E-state index in [2.05, 4.69) is 29.3 Å². The molecule has 0 unspecified atom stereocenters. The maximum absolute atomic E-state index is 12.3. The van der Waals surface area contributed by atoms with Crippen molar-refractivity contribution in [2.45, 2.75) is 32.5 Å². The molecule has 0 saturated heterocycles. The van der Waals surface area contributed by atoms with Crippen LogP contribution < -0.4 is 16.0 Å². The van der Waals surface area contributed by atoms with Crippen molar-refractivity contribution >= 4 is 11.3 Å². The van der Waals surface area contributed by atoms with Gasteiger partial charge in [0.2, 0.25) is 0 Å². The third kappa shape index (κ3) is 5.05. The molecule has 0 N–H and O–H groups in total. The topological polar surface area (TPSA) is 56.5 Å². The molecule has 7 heteroatoms. The first-order valence-corrected chi connectivity index (χ1v) is 10.4. The largest absolute Gasteiger partial charge is 0.497 e. The van der Waals surface area contributed by atoms with E-state index in [1.54, 1.807) is 36.1 Å². The highest BCUT2D eigenvalue weighted by Crippen LogP contribution is 2.19. The molecule has 0 aliphatic carbocycles. The first-order chi connectivity index (χ1) is 13.9. The van der Waals surface area contributed by atoms with Gasteiger partial charge < -0.3 is 4.74 Å². The molecule has 6 nitrogen and oxygen atoms in total. The Hall–Kier alpha value is -2.64. The molecule has 3 aromatic rings. The molecule has 1 aromatic carbocycles. The van der Waals surface area contributed by atoms with E-state index in [4.69, 9.17) is 4.74 Å².